The maximum absolute atomic E-state index is 13.1. The van der Waals surface area contributed by atoms with Gasteiger partial charge in [0.15, 0.2) is 6.10 Å². The Labute approximate surface area is 597 Å². The number of hydrogen-bond donors (Lipinski definition) is 3. The molecule has 0 aromatic heterocycles. The number of ether oxygens (including phenoxy) is 4. The molecule has 0 aromatic carbocycles. The summed E-state index contributed by atoms with van der Waals surface area (Å²) >= 11 is 0. The molecule has 98 heavy (non-hydrogen) atoms. The topological polar surface area (TPSA) is 237 Å². The van der Waals surface area contributed by atoms with Crippen LogP contribution in [0.2, 0.25) is 0 Å². The van der Waals surface area contributed by atoms with Gasteiger partial charge in [-0.1, -0.05) is 293 Å². The monoisotopic (exact) mass is 1430 g/mol. The highest BCUT2D eigenvalue weighted by atomic mass is 31.2. The summed E-state index contributed by atoms with van der Waals surface area (Å²) in [7, 11) is -9.80. The predicted molar refractivity (Wildman–Crippen MR) is 400 cm³/mol. The number of aliphatic hydroxyl groups excluding tert-OH is 1. The first kappa shape index (κ1) is 94.9. The van der Waals surface area contributed by atoms with Crippen LogP contribution in [0.3, 0.4) is 0 Å². The fourth-order valence-corrected chi connectivity index (χ4v) is 12.5. The van der Waals surface area contributed by atoms with Crippen molar-refractivity contribution in [2.45, 2.75) is 373 Å². The van der Waals surface area contributed by atoms with E-state index in [4.69, 9.17) is 37.0 Å². The van der Waals surface area contributed by atoms with E-state index < -0.39 is 84.9 Å². The van der Waals surface area contributed by atoms with Crippen molar-refractivity contribution in [2.24, 2.45) is 0 Å². The van der Waals surface area contributed by atoms with E-state index in [1.54, 1.807) is 0 Å². The first-order valence-electron chi connectivity index (χ1n) is 39.5. The van der Waals surface area contributed by atoms with Gasteiger partial charge in [-0.05, 0) is 96.3 Å². The Morgan fingerprint density at radius 1 is 0.327 bits per heavy atom. The quantitative estimate of drug-likeness (QED) is 0.0128. The second-order valence-corrected chi connectivity index (χ2v) is 29.5. The lowest BCUT2D eigenvalue weighted by Gasteiger charge is -2.21. The number of aldehydes is 1. The Kier molecular flexibility index (Phi) is 71.3. The lowest BCUT2D eigenvalue weighted by molar-refractivity contribution is -0.161. The van der Waals surface area contributed by atoms with Crippen LogP contribution in [0.1, 0.15) is 355 Å². The van der Waals surface area contributed by atoms with Crippen LogP contribution in [-0.2, 0) is 65.4 Å². The molecule has 572 valence electrons. The maximum Gasteiger partial charge on any atom is 0.472 e. The second kappa shape index (κ2) is 73.7. The Bertz CT molecular complexity index is 2060. The Hall–Kier alpha value is -3.08. The van der Waals surface area contributed by atoms with Crippen molar-refractivity contribution in [2.75, 3.05) is 46.2 Å². The number of hydrogen-bond acceptors (Lipinski definition) is 15. The van der Waals surface area contributed by atoms with E-state index in [1.807, 2.05) is 12.2 Å². The summed E-state index contributed by atoms with van der Waals surface area (Å²) in [5.74, 6) is -1.50. The molecule has 0 aromatic rings. The van der Waals surface area contributed by atoms with Crippen LogP contribution >= 0.6 is 15.6 Å². The SMILES string of the molecule is CCCCC/C=C\C/C=C\C/C=C\C/C=C\CCCC(=O)OC[C@H](COP(=O)(O)OC[C@@H](O)COP(=O)(O)OC[C@@H](COC(=O)CCCCCCCCCCCCCCC)OCCCCCCCCC/C=C\CCCCCCC=O)OC(=O)CCCCCCCCCCCCCCC. The molecular weight excluding hydrogens is 1280 g/mol. The van der Waals surface area contributed by atoms with Crippen LogP contribution in [-0.4, -0.2) is 104 Å². The number of carbonyl (C=O) groups is 4. The summed E-state index contributed by atoms with van der Waals surface area (Å²) in [5, 5.41) is 10.6. The summed E-state index contributed by atoms with van der Waals surface area (Å²) in [6.07, 6.45) is 72.7. The minimum absolute atomic E-state index is 0.101. The number of phosphoric ester groups is 2. The van der Waals surface area contributed by atoms with Crippen molar-refractivity contribution in [3.05, 3.63) is 60.8 Å². The van der Waals surface area contributed by atoms with Gasteiger partial charge in [0, 0.05) is 32.3 Å². The molecule has 0 rings (SSSR count). The summed E-state index contributed by atoms with van der Waals surface area (Å²) in [5.41, 5.74) is 0. The fraction of sp³-hybridized carbons (Fsp3) is 0.823. The largest absolute Gasteiger partial charge is 0.472 e. The fourth-order valence-electron chi connectivity index (χ4n) is 10.9. The molecule has 19 heteroatoms. The molecule has 0 aliphatic rings. The molecular formula is C79H144O17P2. The van der Waals surface area contributed by atoms with Crippen molar-refractivity contribution in [3.63, 3.8) is 0 Å². The molecule has 0 fully saturated rings. The Balaban J connectivity index is 5.28. The van der Waals surface area contributed by atoms with Crippen LogP contribution in [0.4, 0.5) is 0 Å². The van der Waals surface area contributed by atoms with E-state index in [0.717, 1.165) is 148 Å². The van der Waals surface area contributed by atoms with Gasteiger partial charge in [-0.15, -0.1) is 0 Å². The molecule has 17 nitrogen and oxygen atoms in total. The number of phosphoric acid groups is 2. The van der Waals surface area contributed by atoms with Crippen molar-refractivity contribution < 1.29 is 80.2 Å². The molecule has 0 radical (unpaired) electrons. The smallest absolute Gasteiger partial charge is 0.463 e. The number of aliphatic hydroxyl groups is 1. The first-order valence-corrected chi connectivity index (χ1v) is 42.5. The third-order valence-electron chi connectivity index (χ3n) is 17.0. The van der Waals surface area contributed by atoms with Crippen LogP contribution in [0.5, 0.6) is 0 Å². The number of carbonyl (C=O) groups excluding carboxylic acids is 4. The minimum atomic E-state index is -4.95. The molecule has 3 N–H and O–H groups in total. The molecule has 0 heterocycles. The average molecular weight is 1430 g/mol. The average Bonchev–Trinajstić information content (AvgIpc) is 1.10. The molecule has 0 aliphatic carbocycles. The van der Waals surface area contributed by atoms with Crippen molar-refractivity contribution in [1.82, 2.24) is 0 Å². The predicted octanol–water partition coefficient (Wildman–Crippen LogP) is 22.3. The van der Waals surface area contributed by atoms with E-state index in [1.165, 1.54) is 141 Å². The molecule has 0 saturated heterocycles. The number of allylic oxidation sites excluding steroid dienone is 10. The zero-order valence-electron chi connectivity index (χ0n) is 62.3. The van der Waals surface area contributed by atoms with Gasteiger partial charge in [0.05, 0.1) is 26.4 Å². The lowest BCUT2D eigenvalue weighted by atomic mass is 10.0. The molecule has 0 saturated carbocycles. The Morgan fingerprint density at radius 3 is 1.03 bits per heavy atom. The van der Waals surface area contributed by atoms with Crippen LogP contribution in [0.25, 0.3) is 0 Å². The van der Waals surface area contributed by atoms with E-state index in [9.17, 15) is 43.2 Å². The second-order valence-electron chi connectivity index (χ2n) is 26.6. The molecule has 0 aliphatic heterocycles. The van der Waals surface area contributed by atoms with Gasteiger partial charge in [-0.2, -0.15) is 0 Å². The third-order valence-corrected chi connectivity index (χ3v) is 18.9. The highest BCUT2D eigenvalue weighted by Gasteiger charge is 2.30. The molecule has 0 bridgehead atoms. The van der Waals surface area contributed by atoms with E-state index in [2.05, 4.69) is 69.4 Å². The van der Waals surface area contributed by atoms with Gasteiger partial charge in [0.25, 0.3) is 0 Å². The van der Waals surface area contributed by atoms with Crippen molar-refractivity contribution in [3.8, 4) is 0 Å². The zero-order chi connectivity index (χ0) is 71.6. The lowest BCUT2D eigenvalue weighted by Crippen LogP contribution is -2.30. The van der Waals surface area contributed by atoms with E-state index >= 15 is 0 Å². The number of unbranched alkanes of at least 4 members (excludes halogenated alkanes) is 40. The van der Waals surface area contributed by atoms with Gasteiger partial charge in [0.1, 0.15) is 31.7 Å². The number of rotatable bonds is 77. The highest BCUT2D eigenvalue weighted by Crippen LogP contribution is 2.45. The van der Waals surface area contributed by atoms with Gasteiger partial charge in [-0.3, -0.25) is 32.5 Å². The molecule has 5 atom stereocenters. The van der Waals surface area contributed by atoms with Gasteiger partial charge in [0.2, 0.25) is 0 Å². The van der Waals surface area contributed by atoms with Gasteiger partial charge in [-0.25, -0.2) is 9.13 Å². The molecule has 0 amide bonds. The van der Waals surface area contributed by atoms with Crippen LogP contribution < -0.4 is 0 Å². The molecule has 2 unspecified atom stereocenters. The van der Waals surface area contributed by atoms with Crippen molar-refractivity contribution in [1.29, 1.82) is 0 Å². The number of esters is 3. The summed E-state index contributed by atoms with van der Waals surface area (Å²) in [4.78, 5) is 70.3. The Morgan fingerprint density at radius 2 is 0.612 bits per heavy atom. The standard InChI is InChI=1S/C79H144O17P2/c1-4-7-10-13-16-19-22-25-26-27-30-35-39-44-49-54-59-64-78(83)91-71-76(96-79(84)65-60-55-50-45-40-34-24-21-18-15-12-9-6-3)73-95-98(87,88)93-69-74(81)68-92-97(85,86)94-72-75(70-90-77(82)63-58-53-48-43-38-33-23-20-17-14-11-8-5-2)89-67-62-57-52-47-42-37-32-29-28-31-36-41-46-51-56-61-66-80/h16,19,25-26,28,30-31,35,44,49,66,74-76,81H,4-15,17-18,20-24,27,29,32-34,36-43,45-48,50-65,67-73H2,1-3H3,(H,85,86)(H,87,88)/b19-16-,26-25-,31-28-,35-30-,49-44-/t74-,75+,76+/m0/s1. The third kappa shape index (κ3) is 72.7. The highest BCUT2D eigenvalue weighted by molar-refractivity contribution is 7.47. The minimum Gasteiger partial charge on any atom is -0.463 e. The normalized spacial score (nSPS) is 14.3. The van der Waals surface area contributed by atoms with E-state index in [-0.39, 0.29) is 25.9 Å². The van der Waals surface area contributed by atoms with Gasteiger partial charge < -0.3 is 38.6 Å². The summed E-state index contributed by atoms with van der Waals surface area (Å²) < 4.78 is 69.2. The first-order chi connectivity index (χ1) is 47.8. The summed E-state index contributed by atoms with van der Waals surface area (Å²) in [6.45, 7) is 3.50. The van der Waals surface area contributed by atoms with Gasteiger partial charge >= 0.3 is 33.6 Å². The van der Waals surface area contributed by atoms with Crippen LogP contribution in [0, 0.1) is 0 Å². The molecule has 0 spiro atoms. The zero-order valence-corrected chi connectivity index (χ0v) is 64.0. The maximum atomic E-state index is 13.1. The van der Waals surface area contributed by atoms with Crippen LogP contribution in [0.15, 0.2) is 60.8 Å². The summed E-state index contributed by atoms with van der Waals surface area (Å²) in [6, 6.07) is 0. The van der Waals surface area contributed by atoms with E-state index in [0.29, 0.717) is 38.7 Å². The van der Waals surface area contributed by atoms with Crippen molar-refractivity contribution >= 4 is 39.8 Å².